The van der Waals surface area contributed by atoms with Crippen LogP contribution in [0.5, 0.6) is 0 Å². The van der Waals surface area contributed by atoms with Gasteiger partial charge in [0.15, 0.2) is 5.82 Å². The SMILES string of the molecule is CC(=O)Nc1cc(-c2cc([C@@H](c3ccc(Cl)cc3)N3CCC3)c(-c3nnc[nH]3)s2)ccn1. The van der Waals surface area contributed by atoms with Crippen molar-refractivity contribution in [2.75, 3.05) is 18.4 Å². The minimum absolute atomic E-state index is 0.0859. The number of thiophene rings is 1. The molecule has 1 aromatic carbocycles. The Bertz CT molecular complexity index is 1230. The number of amides is 1. The van der Waals surface area contributed by atoms with Crippen LogP contribution in [0.2, 0.25) is 5.02 Å². The van der Waals surface area contributed by atoms with Crippen molar-refractivity contribution in [2.45, 2.75) is 19.4 Å². The third-order valence-corrected chi connectivity index (χ3v) is 6.94. The lowest BCUT2D eigenvalue weighted by molar-refractivity contribution is -0.114. The van der Waals surface area contributed by atoms with Crippen LogP contribution in [0, 0.1) is 0 Å². The fourth-order valence-corrected chi connectivity index (χ4v) is 5.18. The molecule has 1 atom stereocenters. The molecule has 3 aromatic heterocycles. The third-order valence-electron chi connectivity index (χ3n) is 5.48. The molecule has 1 fully saturated rings. The van der Waals surface area contributed by atoms with Crippen LogP contribution in [0.25, 0.3) is 21.1 Å². The van der Waals surface area contributed by atoms with Crippen LogP contribution in [0.1, 0.15) is 30.5 Å². The van der Waals surface area contributed by atoms with E-state index in [0.717, 1.165) is 39.3 Å². The number of hydrogen-bond donors (Lipinski definition) is 2. The quantitative estimate of drug-likeness (QED) is 0.419. The Morgan fingerprint density at radius 1 is 1.22 bits per heavy atom. The zero-order chi connectivity index (χ0) is 22.1. The summed E-state index contributed by atoms with van der Waals surface area (Å²) in [5.74, 6) is 1.12. The zero-order valence-corrected chi connectivity index (χ0v) is 19.0. The highest BCUT2D eigenvalue weighted by atomic mass is 35.5. The molecule has 4 heterocycles. The van der Waals surface area contributed by atoms with Crippen LogP contribution in [0.15, 0.2) is 55.0 Å². The first-order chi connectivity index (χ1) is 15.6. The molecule has 0 spiro atoms. The van der Waals surface area contributed by atoms with Crippen LogP contribution in [-0.2, 0) is 4.79 Å². The van der Waals surface area contributed by atoms with Gasteiger partial charge < -0.3 is 10.3 Å². The average Bonchev–Trinajstić information content (AvgIpc) is 3.41. The molecule has 4 aromatic rings. The maximum absolute atomic E-state index is 11.5. The van der Waals surface area contributed by atoms with Crippen LogP contribution in [0.3, 0.4) is 0 Å². The summed E-state index contributed by atoms with van der Waals surface area (Å²) in [5.41, 5.74) is 3.34. The Morgan fingerprint density at radius 2 is 2.03 bits per heavy atom. The van der Waals surface area contributed by atoms with E-state index in [1.165, 1.54) is 24.5 Å². The van der Waals surface area contributed by atoms with Gasteiger partial charge in [0.25, 0.3) is 0 Å². The van der Waals surface area contributed by atoms with E-state index >= 15 is 0 Å². The second-order valence-corrected chi connectivity index (χ2v) is 9.18. The number of nitrogens with zero attached hydrogens (tertiary/aromatic N) is 4. The van der Waals surface area contributed by atoms with Crippen LogP contribution >= 0.6 is 22.9 Å². The molecule has 2 N–H and O–H groups in total. The van der Waals surface area contributed by atoms with Gasteiger partial charge >= 0.3 is 0 Å². The Balaban J connectivity index is 1.63. The van der Waals surface area contributed by atoms with E-state index < -0.39 is 0 Å². The van der Waals surface area contributed by atoms with Gasteiger partial charge in [-0.1, -0.05) is 23.7 Å². The Labute approximate surface area is 194 Å². The number of hydrogen-bond acceptors (Lipinski definition) is 6. The number of carbonyl (C=O) groups is 1. The molecule has 0 aliphatic carbocycles. The summed E-state index contributed by atoms with van der Waals surface area (Å²) in [4.78, 5) is 23.5. The Kier molecular flexibility index (Phi) is 5.73. The number of aromatic amines is 1. The van der Waals surface area contributed by atoms with Gasteiger partial charge in [-0.3, -0.25) is 9.69 Å². The summed E-state index contributed by atoms with van der Waals surface area (Å²) in [6.45, 7) is 3.55. The van der Waals surface area contributed by atoms with Gasteiger partial charge in [-0.2, -0.15) is 0 Å². The predicted molar refractivity (Wildman–Crippen MR) is 127 cm³/mol. The number of carbonyl (C=O) groups excluding carboxylic acids is 1. The smallest absolute Gasteiger partial charge is 0.222 e. The molecule has 162 valence electrons. The summed E-state index contributed by atoms with van der Waals surface area (Å²) in [5, 5.41) is 11.8. The number of H-pyrrole nitrogens is 1. The van der Waals surface area contributed by atoms with E-state index in [2.05, 4.69) is 48.6 Å². The fraction of sp³-hybridized carbons (Fsp3) is 0.217. The second kappa shape index (κ2) is 8.82. The van der Waals surface area contributed by atoms with Crippen molar-refractivity contribution in [2.24, 2.45) is 0 Å². The molecule has 32 heavy (non-hydrogen) atoms. The van der Waals surface area contributed by atoms with Crippen LogP contribution < -0.4 is 5.32 Å². The topological polar surface area (TPSA) is 86.8 Å². The first kappa shape index (κ1) is 20.8. The first-order valence-electron chi connectivity index (χ1n) is 10.3. The number of likely N-dealkylation sites (tertiary alicyclic amines) is 1. The highest BCUT2D eigenvalue weighted by Gasteiger charge is 2.31. The van der Waals surface area contributed by atoms with E-state index in [1.54, 1.807) is 23.9 Å². The second-order valence-electron chi connectivity index (χ2n) is 7.69. The number of halogens is 1. The molecular formula is C23H21ClN6OS. The third kappa shape index (κ3) is 4.17. The molecule has 0 bridgehead atoms. The van der Waals surface area contributed by atoms with Crippen molar-refractivity contribution < 1.29 is 4.79 Å². The van der Waals surface area contributed by atoms with Gasteiger partial charge in [-0.15, -0.1) is 21.5 Å². The van der Waals surface area contributed by atoms with Gasteiger partial charge in [-0.05, 0) is 53.4 Å². The first-order valence-corrected chi connectivity index (χ1v) is 11.5. The molecule has 5 rings (SSSR count). The monoisotopic (exact) mass is 464 g/mol. The molecule has 1 amide bonds. The van der Waals surface area contributed by atoms with Gasteiger partial charge in [0.1, 0.15) is 12.1 Å². The lowest BCUT2D eigenvalue weighted by atomic mass is 9.94. The predicted octanol–water partition coefficient (Wildman–Crippen LogP) is 5.00. The lowest BCUT2D eigenvalue weighted by Gasteiger charge is -2.39. The molecule has 7 nitrogen and oxygen atoms in total. The number of anilines is 1. The summed E-state index contributed by atoms with van der Waals surface area (Å²) in [7, 11) is 0. The number of rotatable bonds is 6. The van der Waals surface area contributed by atoms with Crippen molar-refractivity contribution in [3.05, 3.63) is 71.1 Å². The zero-order valence-electron chi connectivity index (χ0n) is 17.4. The van der Waals surface area contributed by atoms with Gasteiger partial charge in [0.05, 0.1) is 10.9 Å². The molecule has 9 heteroatoms. The summed E-state index contributed by atoms with van der Waals surface area (Å²) in [6, 6.07) is 14.2. The molecule has 0 saturated carbocycles. The normalized spacial score (nSPS) is 14.7. The summed E-state index contributed by atoms with van der Waals surface area (Å²) in [6.07, 6.45) is 4.49. The summed E-state index contributed by atoms with van der Waals surface area (Å²) >= 11 is 7.82. The van der Waals surface area contributed by atoms with Crippen molar-refractivity contribution in [3.63, 3.8) is 0 Å². The number of nitrogens with one attached hydrogen (secondary N) is 2. The van der Waals surface area contributed by atoms with E-state index in [1.807, 2.05) is 24.3 Å². The van der Waals surface area contributed by atoms with Crippen molar-refractivity contribution in [1.29, 1.82) is 0 Å². The minimum atomic E-state index is -0.149. The molecule has 1 aliphatic rings. The maximum atomic E-state index is 11.5. The highest BCUT2D eigenvalue weighted by molar-refractivity contribution is 7.19. The molecular weight excluding hydrogens is 444 g/mol. The van der Waals surface area contributed by atoms with E-state index in [4.69, 9.17) is 11.6 Å². The standard InChI is InChI=1S/C23H21ClN6OS/c1-14(31)28-20-11-16(7-8-25-20)19-12-18(22(32-19)23-26-13-27-29-23)21(30-9-2-10-30)15-3-5-17(24)6-4-15/h3-8,11-13,21H,2,9-10H2,1H3,(H,25,28,31)(H,26,27,29)/t21-/m1/s1. The fourth-order valence-electron chi connectivity index (χ4n) is 3.92. The molecule has 0 unspecified atom stereocenters. The van der Waals surface area contributed by atoms with E-state index in [-0.39, 0.29) is 11.9 Å². The lowest BCUT2D eigenvalue weighted by Crippen LogP contribution is -2.40. The van der Waals surface area contributed by atoms with Crippen molar-refractivity contribution in [1.82, 2.24) is 25.1 Å². The number of benzene rings is 1. The van der Waals surface area contributed by atoms with Crippen LogP contribution in [-0.4, -0.2) is 44.1 Å². The van der Waals surface area contributed by atoms with Crippen LogP contribution in [0.4, 0.5) is 5.82 Å². The molecule has 1 aliphatic heterocycles. The van der Waals surface area contributed by atoms with Crippen molar-refractivity contribution >= 4 is 34.7 Å². The minimum Gasteiger partial charge on any atom is -0.327 e. The summed E-state index contributed by atoms with van der Waals surface area (Å²) < 4.78 is 0. The van der Waals surface area contributed by atoms with Crippen molar-refractivity contribution in [3.8, 4) is 21.1 Å². The van der Waals surface area contributed by atoms with Gasteiger partial charge in [0, 0.05) is 36.1 Å². The van der Waals surface area contributed by atoms with Gasteiger partial charge in [0.2, 0.25) is 5.91 Å². The molecule has 1 saturated heterocycles. The number of aromatic nitrogens is 4. The largest absolute Gasteiger partial charge is 0.327 e. The maximum Gasteiger partial charge on any atom is 0.222 e. The Hall–Kier alpha value is -3.07. The molecule has 0 radical (unpaired) electrons. The highest BCUT2D eigenvalue weighted by Crippen LogP contribution is 2.44. The average molecular weight is 465 g/mol. The van der Waals surface area contributed by atoms with E-state index in [9.17, 15) is 4.79 Å². The van der Waals surface area contributed by atoms with Gasteiger partial charge in [-0.25, -0.2) is 4.98 Å². The van der Waals surface area contributed by atoms with E-state index in [0.29, 0.717) is 5.82 Å². The Morgan fingerprint density at radius 3 is 2.69 bits per heavy atom. The number of pyridine rings is 1.